The van der Waals surface area contributed by atoms with E-state index in [-0.39, 0.29) is 0 Å². The van der Waals surface area contributed by atoms with Crippen LogP contribution >= 0.6 is 0 Å². The van der Waals surface area contributed by atoms with Crippen LogP contribution in [0.15, 0.2) is 72.8 Å². The molecule has 0 heterocycles. The first-order chi connectivity index (χ1) is 13.7. The van der Waals surface area contributed by atoms with Crippen molar-refractivity contribution in [3.63, 3.8) is 0 Å². The van der Waals surface area contributed by atoms with Gasteiger partial charge in [-0.1, -0.05) is 54.6 Å². The maximum Gasteiger partial charge on any atom is 0.335 e. The normalized spacial score (nSPS) is 10.5. The number of ether oxygens (including phenoxy) is 2. The molecule has 144 valence electrons. The van der Waals surface area contributed by atoms with Crippen molar-refractivity contribution >= 4 is 5.97 Å². The highest BCUT2D eigenvalue weighted by molar-refractivity contribution is 5.87. The van der Waals surface area contributed by atoms with Crippen molar-refractivity contribution in [2.45, 2.75) is 26.4 Å². The molecule has 3 aromatic carbocycles. The molecule has 3 aromatic rings. The zero-order valence-corrected chi connectivity index (χ0v) is 15.9. The monoisotopic (exact) mass is 376 g/mol. The highest BCUT2D eigenvalue weighted by Gasteiger charge is 2.12. The molecule has 0 spiro atoms. The fraction of sp³-hybridized carbons (Fsp3) is 0.208. The molecule has 0 fully saturated rings. The van der Waals surface area contributed by atoms with Crippen molar-refractivity contribution in [3.8, 4) is 11.5 Å². The molecule has 0 unspecified atom stereocenters. The highest BCUT2D eigenvalue weighted by atomic mass is 16.5. The number of hydrogen-bond donors (Lipinski definition) is 1. The third-order valence-corrected chi connectivity index (χ3v) is 4.47. The average molecular weight is 376 g/mol. The summed E-state index contributed by atoms with van der Waals surface area (Å²) in [4.78, 5) is 11.0. The number of para-hydroxylation sites is 1. The molecule has 1 N–H and O–H groups in total. The molecule has 0 radical (unpaired) electrons. The van der Waals surface area contributed by atoms with Gasteiger partial charge in [-0.3, -0.25) is 0 Å². The van der Waals surface area contributed by atoms with Crippen LogP contribution in [-0.4, -0.2) is 17.7 Å². The lowest BCUT2D eigenvalue weighted by atomic mass is 10.0. The van der Waals surface area contributed by atoms with Crippen molar-refractivity contribution < 1.29 is 19.4 Å². The lowest BCUT2D eigenvalue weighted by Gasteiger charge is -2.16. The van der Waals surface area contributed by atoms with Gasteiger partial charge in [0.2, 0.25) is 0 Å². The Labute approximate surface area is 165 Å². The second kappa shape index (κ2) is 9.60. The molecule has 4 heteroatoms. The average Bonchev–Trinajstić information content (AvgIpc) is 2.73. The summed E-state index contributed by atoms with van der Waals surface area (Å²) in [7, 11) is 0. The van der Waals surface area contributed by atoms with E-state index in [2.05, 4.69) is 6.07 Å². The second-order valence-electron chi connectivity index (χ2n) is 6.45. The molecule has 3 rings (SSSR count). The van der Waals surface area contributed by atoms with E-state index in [1.54, 1.807) is 12.1 Å². The molecular weight excluding hydrogens is 352 g/mol. The van der Waals surface area contributed by atoms with Crippen molar-refractivity contribution in [2.75, 3.05) is 6.61 Å². The molecule has 0 aliphatic heterocycles. The summed E-state index contributed by atoms with van der Waals surface area (Å²) in [6, 6.07) is 23.0. The van der Waals surface area contributed by atoms with Gasteiger partial charge >= 0.3 is 5.97 Å². The fourth-order valence-electron chi connectivity index (χ4n) is 3.01. The molecule has 0 saturated heterocycles. The first-order valence-corrected chi connectivity index (χ1v) is 9.41. The van der Waals surface area contributed by atoms with Crippen LogP contribution in [0.2, 0.25) is 0 Å². The zero-order chi connectivity index (χ0) is 19.8. The Hall–Kier alpha value is -3.27. The minimum Gasteiger partial charge on any atom is -0.490 e. The molecule has 0 aliphatic carbocycles. The first-order valence-electron chi connectivity index (χ1n) is 9.41. The predicted molar refractivity (Wildman–Crippen MR) is 109 cm³/mol. The Morgan fingerprint density at radius 3 is 2.25 bits per heavy atom. The largest absolute Gasteiger partial charge is 0.490 e. The van der Waals surface area contributed by atoms with E-state index in [1.807, 2.05) is 61.5 Å². The first kappa shape index (κ1) is 19.5. The molecule has 28 heavy (non-hydrogen) atoms. The maximum absolute atomic E-state index is 11.0. The van der Waals surface area contributed by atoms with Gasteiger partial charge in [0.05, 0.1) is 12.2 Å². The van der Waals surface area contributed by atoms with Crippen LogP contribution in [-0.2, 0) is 19.4 Å². The number of aryl methyl sites for hydroxylation is 2. The van der Waals surface area contributed by atoms with E-state index < -0.39 is 5.97 Å². The number of carbonyl (C=O) groups is 1. The summed E-state index contributed by atoms with van der Waals surface area (Å²) in [5, 5.41) is 9.02. The smallest absolute Gasteiger partial charge is 0.335 e. The number of aromatic carboxylic acids is 1. The molecule has 0 aromatic heterocycles. The Morgan fingerprint density at radius 1 is 0.821 bits per heavy atom. The molecule has 0 amide bonds. The van der Waals surface area contributed by atoms with Crippen LogP contribution in [0.1, 0.15) is 34.0 Å². The van der Waals surface area contributed by atoms with Gasteiger partial charge < -0.3 is 14.6 Å². The summed E-state index contributed by atoms with van der Waals surface area (Å²) in [6.45, 7) is 3.00. The number of carboxylic acids is 1. The van der Waals surface area contributed by atoms with Crippen LogP contribution < -0.4 is 9.47 Å². The molecule has 0 saturated carbocycles. The summed E-state index contributed by atoms with van der Waals surface area (Å²) >= 11 is 0. The summed E-state index contributed by atoms with van der Waals surface area (Å²) in [5.41, 5.74) is 3.56. The zero-order valence-electron chi connectivity index (χ0n) is 15.9. The van der Waals surface area contributed by atoms with Crippen molar-refractivity contribution in [3.05, 3.63) is 95.1 Å². The standard InChI is InChI=1S/C24H24O4/c1-2-27-22-10-6-9-20(23(22)28-17-19-7-4-3-5-8-19)14-11-18-12-15-21(16-13-18)24(25)26/h3-10,12-13,15-16H,2,11,14,17H2,1H3,(H,25,26). The minimum absolute atomic E-state index is 0.300. The van der Waals surface area contributed by atoms with Gasteiger partial charge in [0.1, 0.15) is 6.61 Å². The molecule has 0 aliphatic rings. The van der Waals surface area contributed by atoms with Crippen LogP contribution in [0.25, 0.3) is 0 Å². The van der Waals surface area contributed by atoms with Crippen LogP contribution in [0.4, 0.5) is 0 Å². The van der Waals surface area contributed by atoms with E-state index in [0.29, 0.717) is 18.8 Å². The molecular formula is C24H24O4. The van der Waals surface area contributed by atoms with E-state index >= 15 is 0 Å². The van der Waals surface area contributed by atoms with E-state index in [0.717, 1.165) is 41.0 Å². The SMILES string of the molecule is CCOc1cccc(CCc2ccc(C(=O)O)cc2)c1OCc1ccccc1. The second-order valence-corrected chi connectivity index (χ2v) is 6.45. The summed E-state index contributed by atoms with van der Waals surface area (Å²) < 4.78 is 11.9. The van der Waals surface area contributed by atoms with E-state index in [4.69, 9.17) is 14.6 Å². The van der Waals surface area contributed by atoms with Crippen molar-refractivity contribution in [2.24, 2.45) is 0 Å². The number of carboxylic acid groups (broad SMARTS) is 1. The van der Waals surface area contributed by atoms with Gasteiger partial charge in [-0.05, 0) is 54.7 Å². The Morgan fingerprint density at radius 2 is 1.57 bits per heavy atom. The lowest BCUT2D eigenvalue weighted by Crippen LogP contribution is -2.04. The fourth-order valence-corrected chi connectivity index (χ4v) is 3.01. The number of benzene rings is 3. The summed E-state index contributed by atoms with van der Waals surface area (Å²) in [5.74, 6) is 0.611. The highest BCUT2D eigenvalue weighted by Crippen LogP contribution is 2.33. The molecule has 4 nitrogen and oxygen atoms in total. The van der Waals surface area contributed by atoms with Gasteiger partial charge in [-0.25, -0.2) is 4.79 Å². The van der Waals surface area contributed by atoms with Crippen molar-refractivity contribution in [1.82, 2.24) is 0 Å². The van der Waals surface area contributed by atoms with Crippen LogP contribution in [0.3, 0.4) is 0 Å². The topological polar surface area (TPSA) is 55.8 Å². The third-order valence-electron chi connectivity index (χ3n) is 4.47. The lowest BCUT2D eigenvalue weighted by molar-refractivity contribution is 0.0697. The molecule has 0 bridgehead atoms. The Bertz CT molecular complexity index is 902. The third kappa shape index (κ3) is 5.13. The van der Waals surface area contributed by atoms with Crippen LogP contribution in [0.5, 0.6) is 11.5 Å². The van der Waals surface area contributed by atoms with Gasteiger partial charge in [0.15, 0.2) is 11.5 Å². The van der Waals surface area contributed by atoms with Gasteiger partial charge in [0, 0.05) is 0 Å². The van der Waals surface area contributed by atoms with E-state index in [9.17, 15) is 4.79 Å². The molecule has 0 atom stereocenters. The van der Waals surface area contributed by atoms with Gasteiger partial charge in [0.25, 0.3) is 0 Å². The quantitative estimate of drug-likeness (QED) is 0.561. The maximum atomic E-state index is 11.0. The Balaban J connectivity index is 1.75. The Kier molecular flexibility index (Phi) is 6.68. The minimum atomic E-state index is -0.910. The van der Waals surface area contributed by atoms with E-state index in [1.165, 1.54) is 0 Å². The van der Waals surface area contributed by atoms with Crippen LogP contribution in [0, 0.1) is 0 Å². The number of rotatable bonds is 9. The van der Waals surface area contributed by atoms with Crippen molar-refractivity contribution in [1.29, 1.82) is 0 Å². The predicted octanol–water partition coefficient (Wildman–Crippen LogP) is 5.15. The summed E-state index contributed by atoms with van der Waals surface area (Å²) in [6.07, 6.45) is 1.56. The van der Waals surface area contributed by atoms with Gasteiger partial charge in [-0.2, -0.15) is 0 Å². The van der Waals surface area contributed by atoms with Gasteiger partial charge in [-0.15, -0.1) is 0 Å². The number of hydrogen-bond acceptors (Lipinski definition) is 3.